The summed E-state index contributed by atoms with van der Waals surface area (Å²) in [6, 6.07) is 5.13. The third-order valence-corrected chi connectivity index (χ3v) is 4.73. The van der Waals surface area contributed by atoms with Crippen molar-refractivity contribution in [2.75, 3.05) is 12.9 Å². The molecule has 0 bridgehead atoms. The lowest BCUT2D eigenvalue weighted by Gasteiger charge is -2.07. The number of ether oxygens (including phenoxy) is 1. The van der Waals surface area contributed by atoms with E-state index in [0.29, 0.717) is 21.4 Å². The van der Waals surface area contributed by atoms with Gasteiger partial charge in [-0.15, -0.1) is 11.8 Å². The molecular weight excluding hydrogens is 378 g/mol. The molecule has 1 heterocycles. The highest BCUT2D eigenvalue weighted by Gasteiger charge is 2.22. The molecule has 1 N–H and O–H groups in total. The summed E-state index contributed by atoms with van der Waals surface area (Å²) in [4.78, 5) is 26.6. The van der Waals surface area contributed by atoms with E-state index in [4.69, 9.17) is 9.84 Å². The van der Waals surface area contributed by atoms with Gasteiger partial charge >= 0.3 is 5.97 Å². The zero-order chi connectivity index (χ0) is 15.4. The molecule has 1 aliphatic heterocycles. The molecule has 0 fully saturated rings. The maximum Gasteiger partial charge on any atom is 0.341 e. The van der Waals surface area contributed by atoms with Crippen LogP contribution < -0.4 is 4.74 Å². The Kier molecular flexibility index (Phi) is 5.49. The van der Waals surface area contributed by atoms with E-state index in [1.165, 1.54) is 11.8 Å². The van der Waals surface area contributed by atoms with Gasteiger partial charge in [-0.05, 0) is 42.3 Å². The van der Waals surface area contributed by atoms with E-state index in [9.17, 15) is 9.59 Å². The SMILES string of the molecule is CSC1=N/C(=C\c2cc(Br)ccc2OCC(=O)O)C(=O)S1. The number of hydrogen-bond acceptors (Lipinski definition) is 6. The number of carbonyl (C=O) groups excluding carboxylic acids is 1. The third kappa shape index (κ3) is 4.36. The number of carbonyl (C=O) groups is 2. The zero-order valence-corrected chi connectivity index (χ0v) is 14.0. The van der Waals surface area contributed by atoms with Crippen LogP contribution in [0.2, 0.25) is 0 Å². The zero-order valence-electron chi connectivity index (χ0n) is 10.8. The number of halogens is 1. The van der Waals surface area contributed by atoms with Gasteiger partial charge in [0.25, 0.3) is 0 Å². The molecule has 0 amide bonds. The molecule has 21 heavy (non-hydrogen) atoms. The van der Waals surface area contributed by atoms with E-state index in [2.05, 4.69) is 20.9 Å². The molecule has 0 aliphatic carbocycles. The first-order valence-corrected chi connectivity index (χ1v) is 8.53. The van der Waals surface area contributed by atoms with Crippen LogP contribution in [0.4, 0.5) is 0 Å². The molecule has 110 valence electrons. The molecular formula is C13H10BrNO4S2. The van der Waals surface area contributed by atoms with Crippen LogP contribution in [0.5, 0.6) is 5.75 Å². The van der Waals surface area contributed by atoms with Crippen LogP contribution in [-0.4, -0.2) is 33.4 Å². The van der Waals surface area contributed by atoms with Crippen molar-refractivity contribution in [3.05, 3.63) is 33.9 Å². The quantitative estimate of drug-likeness (QED) is 0.799. The molecule has 0 radical (unpaired) electrons. The number of carboxylic acid groups (broad SMARTS) is 1. The number of aliphatic imine (C=N–C) groups is 1. The van der Waals surface area contributed by atoms with E-state index in [-0.39, 0.29) is 5.12 Å². The number of nitrogens with zero attached hydrogens (tertiary/aromatic N) is 1. The Balaban J connectivity index is 2.34. The average Bonchev–Trinajstić information content (AvgIpc) is 2.78. The van der Waals surface area contributed by atoms with Crippen molar-refractivity contribution in [1.82, 2.24) is 0 Å². The molecule has 0 aromatic heterocycles. The molecule has 5 nitrogen and oxygen atoms in total. The Hall–Kier alpha value is -1.25. The molecule has 8 heteroatoms. The van der Waals surface area contributed by atoms with Gasteiger partial charge in [0.1, 0.15) is 15.8 Å². The van der Waals surface area contributed by atoms with Crippen molar-refractivity contribution < 1.29 is 19.4 Å². The monoisotopic (exact) mass is 387 g/mol. The molecule has 0 atom stereocenters. The van der Waals surface area contributed by atoms with E-state index in [1.54, 1.807) is 24.3 Å². The largest absolute Gasteiger partial charge is 0.481 e. The Morgan fingerprint density at radius 2 is 2.33 bits per heavy atom. The van der Waals surface area contributed by atoms with Crippen molar-refractivity contribution in [2.24, 2.45) is 4.99 Å². The Morgan fingerprint density at radius 1 is 1.57 bits per heavy atom. The van der Waals surface area contributed by atoms with Crippen molar-refractivity contribution in [1.29, 1.82) is 0 Å². The predicted octanol–water partition coefficient (Wildman–Crippen LogP) is 3.25. The Morgan fingerprint density at radius 3 is 2.95 bits per heavy atom. The molecule has 2 rings (SSSR count). The second kappa shape index (κ2) is 7.15. The second-order valence-corrected chi connectivity index (χ2v) is 6.80. The van der Waals surface area contributed by atoms with Crippen molar-refractivity contribution in [3.8, 4) is 5.75 Å². The van der Waals surface area contributed by atoms with Crippen LogP contribution in [0.3, 0.4) is 0 Å². The van der Waals surface area contributed by atoms with Gasteiger partial charge in [0.05, 0.1) is 0 Å². The topological polar surface area (TPSA) is 76.0 Å². The molecule has 1 aliphatic rings. The highest BCUT2D eigenvalue weighted by atomic mass is 79.9. The summed E-state index contributed by atoms with van der Waals surface area (Å²) in [5, 5.41) is 8.55. The number of benzene rings is 1. The smallest absolute Gasteiger partial charge is 0.341 e. The van der Waals surface area contributed by atoms with Crippen LogP contribution in [-0.2, 0) is 9.59 Å². The number of thioether (sulfide) groups is 2. The van der Waals surface area contributed by atoms with Gasteiger partial charge in [-0.1, -0.05) is 15.9 Å². The first-order chi connectivity index (χ1) is 9.99. The van der Waals surface area contributed by atoms with Crippen LogP contribution in [0.15, 0.2) is 33.4 Å². The van der Waals surface area contributed by atoms with Gasteiger partial charge in [-0.3, -0.25) is 4.79 Å². The highest BCUT2D eigenvalue weighted by molar-refractivity contribution is 9.10. The van der Waals surface area contributed by atoms with Crippen molar-refractivity contribution in [2.45, 2.75) is 0 Å². The fraction of sp³-hybridized carbons (Fsp3) is 0.154. The van der Waals surface area contributed by atoms with Gasteiger partial charge in [-0.25, -0.2) is 9.79 Å². The van der Waals surface area contributed by atoms with Gasteiger partial charge in [0.2, 0.25) is 5.12 Å². The number of carboxylic acids is 1. The fourth-order valence-electron chi connectivity index (χ4n) is 1.53. The van der Waals surface area contributed by atoms with Gasteiger partial charge in [0, 0.05) is 10.0 Å². The summed E-state index contributed by atoms with van der Waals surface area (Å²) < 4.78 is 6.70. The summed E-state index contributed by atoms with van der Waals surface area (Å²) in [5.41, 5.74) is 0.920. The van der Waals surface area contributed by atoms with Crippen molar-refractivity contribution in [3.63, 3.8) is 0 Å². The molecule has 1 aromatic rings. The van der Waals surface area contributed by atoms with E-state index < -0.39 is 12.6 Å². The third-order valence-electron chi connectivity index (χ3n) is 2.39. The lowest BCUT2D eigenvalue weighted by molar-refractivity contribution is -0.139. The lowest BCUT2D eigenvalue weighted by atomic mass is 10.1. The summed E-state index contributed by atoms with van der Waals surface area (Å²) >= 11 is 5.82. The lowest BCUT2D eigenvalue weighted by Crippen LogP contribution is -2.10. The Bertz CT molecular complexity index is 658. The van der Waals surface area contributed by atoms with Gasteiger partial charge in [0.15, 0.2) is 6.61 Å². The number of hydrogen-bond donors (Lipinski definition) is 1. The predicted molar refractivity (Wildman–Crippen MR) is 88.8 cm³/mol. The summed E-state index contributed by atoms with van der Waals surface area (Å²) in [6.45, 7) is -0.445. The van der Waals surface area contributed by atoms with Gasteiger partial charge < -0.3 is 9.84 Å². The van der Waals surface area contributed by atoms with Crippen molar-refractivity contribution >= 4 is 61.0 Å². The average molecular weight is 388 g/mol. The normalized spacial score (nSPS) is 16.2. The van der Waals surface area contributed by atoms with Crippen LogP contribution in [0.25, 0.3) is 6.08 Å². The summed E-state index contributed by atoms with van der Waals surface area (Å²) in [7, 11) is 0. The second-order valence-electron chi connectivity index (χ2n) is 3.87. The first kappa shape index (κ1) is 16.1. The summed E-state index contributed by atoms with van der Waals surface area (Å²) in [5.74, 6) is -0.676. The van der Waals surface area contributed by atoms with Crippen LogP contribution in [0, 0.1) is 0 Å². The molecule has 1 aromatic carbocycles. The maximum atomic E-state index is 11.8. The minimum atomic E-state index is -1.06. The standard InChI is InChI=1S/C13H10BrNO4S2/c1-20-13-15-9(12(18)21-13)5-7-4-8(14)2-3-10(7)19-6-11(16)17/h2-5H,6H2,1H3,(H,16,17)/b9-5-. The van der Waals surface area contributed by atoms with E-state index in [0.717, 1.165) is 16.2 Å². The van der Waals surface area contributed by atoms with Crippen LogP contribution in [0.1, 0.15) is 5.56 Å². The first-order valence-electron chi connectivity index (χ1n) is 5.70. The molecule has 0 saturated carbocycles. The maximum absolute atomic E-state index is 11.8. The van der Waals surface area contributed by atoms with E-state index >= 15 is 0 Å². The minimum Gasteiger partial charge on any atom is -0.481 e. The van der Waals surface area contributed by atoms with E-state index in [1.807, 2.05) is 6.26 Å². The fourth-order valence-corrected chi connectivity index (χ4v) is 3.17. The molecule has 0 spiro atoms. The number of rotatable bonds is 4. The Labute approximate surface area is 138 Å². The minimum absolute atomic E-state index is 0.136. The molecule has 0 unspecified atom stereocenters. The number of aliphatic carboxylic acids is 1. The highest BCUT2D eigenvalue weighted by Crippen LogP contribution is 2.32. The molecule has 0 saturated heterocycles. The summed E-state index contributed by atoms with van der Waals surface area (Å²) in [6.07, 6.45) is 3.45. The van der Waals surface area contributed by atoms with Crippen LogP contribution >= 0.6 is 39.5 Å². The van der Waals surface area contributed by atoms with Gasteiger partial charge in [-0.2, -0.15) is 0 Å².